The van der Waals surface area contributed by atoms with Crippen LogP contribution in [0.25, 0.3) is 0 Å². The average Bonchev–Trinajstić information content (AvgIpc) is 3.34. The molecule has 0 bridgehead atoms. The monoisotopic (exact) mass is 409 g/mol. The van der Waals surface area contributed by atoms with Gasteiger partial charge in [0.15, 0.2) is 0 Å². The van der Waals surface area contributed by atoms with E-state index < -0.39 is 5.54 Å². The smallest absolute Gasteiger partial charge is 0.325 e. The summed E-state index contributed by atoms with van der Waals surface area (Å²) in [6.07, 6.45) is 4.33. The summed E-state index contributed by atoms with van der Waals surface area (Å²) in [5.74, 6) is 1.32. The number of benzene rings is 1. The van der Waals surface area contributed by atoms with E-state index in [0.29, 0.717) is 56.8 Å². The molecular formula is C22H23N3O5. The molecule has 2 spiro atoms. The number of ether oxygens (including phenoxy) is 3. The van der Waals surface area contributed by atoms with Gasteiger partial charge in [-0.05, 0) is 25.0 Å². The van der Waals surface area contributed by atoms with Crippen LogP contribution >= 0.6 is 0 Å². The number of urea groups is 1. The van der Waals surface area contributed by atoms with Crippen LogP contribution in [0.15, 0.2) is 12.1 Å². The van der Waals surface area contributed by atoms with Crippen molar-refractivity contribution < 1.29 is 23.8 Å². The Balaban J connectivity index is 1.17. The number of hydrogen-bond acceptors (Lipinski definition) is 6. The summed E-state index contributed by atoms with van der Waals surface area (Å²) < 4.78 is 17.5. The van der Waals surface area contributed by atoms with Crippen LogP contribution < -0.4 is 14.8 Å². The quantitative estimate of drug-likeness (QED) is 0.767. The molecular weight excluding hydrogens is 386 g/mol. The summed E-state index contributed by atoms with van der Waals surface area (Å²) in [5, 5.41) is 12.3. The fourth-order valence-electron chi connectivity index (χ4n) is 5.29. The largest absolute Gasteiger partial charge is 0.491 e. The van der Waals surface area contributed by atoms with Crippen LogP contribution in [-0.2, 0) is 14.9 Å². The fraction of sp³-hybridized carbons (Fsp3) is 0.591. The molecule has 2 aliphatic carbocycles. The molecule has 3 heterocycles. The predicted octanol–water partition coefficient (Wildman–Crippen LogP) is 1.99. The van der Waals surface area contributed by atoms with Crippen molar-refractivity contribution in [2.24, 2.45) is 0 Å². The molecule has 0 unspecified atom stereocenters. The SMILES string of the molecule is N#Cc1ccc(OC2CC(N3C(=O)NC4(CCOCC4)C3=O)C2)c2c1OCC21CC1. The Labute approximate surface area is 174 Å². The van der Waals surface area contributed by atoms with Crippen LogP contribution in [0.3, 0.4) is 0 Å². The molecule has 2 saturated carbocycles. The molecule has 0 atom stereocenters. The molecule has 30 heavy (non-hydrogen) atoms. The van der Waals surface area contributed by atoms with Gasteiger partial charge in [-0.25, -0.2) is 4.79 Å². The Bertz CT molecular complexity index is 983. The normalized spacial score (nSPS) is 29.8. The minimum atomic E-state index is -0.787. The number of rotatable bonds is 3. The van der Waals surface area contributed by atoms with Gasteiger partial charge in [0.25, 0.3) is 5.91 Å². The summed E-state index contributed by atoms with van der Waals surface area (Å²) in [6, 6.07) is 5.39. The van der Waals surface area contributed by atoms with Gasteiger partial charge in [-0.1, -0.05) is 0 Å². The molecule has 4 fully saturated rings. The standard InChI is InChI=1S/C22H23N3O5/c23-11-13-1-2-16(17-18(13)29-12-21(17)3-4-21)30-15-9-14(10-15)25-19(26)22(24-20(25)27)5-7-28-8-6-22/h1-2,14-15H,3-10,12H2,(H,24,27). The summed E-state index contributed by atoms with van der Waals surface area (Å²) in [5.41, 5.74) is 0.793. The number of imide groups is 1. The first-order chi connectivity index (χ1) is 14.6. The molecule has 5 aliphatic rings. The van der Waals surface area contributed by atoms with Crippen LogP contribution in [0.2, 0.25) is 0 Å². The van der Waals surface area contributed by atoms with Crippen LogP contribution in [0.5, 0.6) is 11.5 Å². The number of amides is 3. The van der Waals surface area contributed by atoms with Crippen LogP contribution in [0.4, 0.5) is 4.79 Å². The Kier molecular flexibility index (Phi) is 3.67. The zero-order chi connectivity index (χ0) is 20.5. The van der Waals surface area contributed by atoms with Crippen LogP contribution in [0, 0.1) is 11.3 Å². The Morgan fingerprint density at radius 2 is 1.93 bits per heavy atom. The number of carbonyl (C=O) groups is 2. The van der Waals surface area contributed by atoms with Crippen LogP contribution in [0.1, 0.15) is 49.7 Å². The molecule has 2 saturated heterocycles. The minimum absolute atomic E-state index is 0.000907. The highest BCUT2D eigenvalue weighted by molar-refractivity contribution is 6.07. The third-order valence-corrected chi connectivity index (χ3v) is 7.38. The number of hydrogen-bond donors (Lipinski definition) is 1. The third kappa shape index (κ3) is 2.42. The molecule has 3 amide bonds. The molecule has 0 radical (unpaired) electrons. The van der Waals surface area contributed by atoms with Crippen molar-refractivity contribution in [3.8, 4) is 17.6 Å². The van der Waals surface area contributed by atoms with E-state index in [1.807, 2.05) is 6.07 Å². The number of nitrogens with one attached hydrogen (secondary N) is 1. The first-order valence-corrected chi connectivity index (χ1v) is 10.7. The second-order valence-electron chi connectivity index (χ2n) is 9.16. The molecule has 156 valence electrons. The first-order valence-electron chi connectivity index (χ1n) is 10.7. The lowest BCUT2D eigenvalue weighted by atomic mass is 9.85. The minimum Gasteiger partial charge on any atom is -0.491 e. The lowest BCUT2D eigenvalue weighted by Gasteiger charge is -2.40. The molecule has 1 aromatic carbocycles. The van der Waals surface area contributed by atoms with Crippen molar-refractivity contribution in [3.05, 3.63) is 23.3 Å². The highest BCUT2D eigenvalue weighted by Gasteiger charge is 2.57. The molecule has 1 N–H and O–H groups in total. The van der Waals surface area contributed by atoms with E-state index in [-0.39, 0.29) is 29.5 Å². The Hall–Kier alpha value is -2.79. The van der Waals surface area contributed by atoms with Gasteiger partial charge in [-0.3, -0.25) is 9.69 Å². The molecule has 1 aromatic rings. The van der Waals surface area contributed by atoms with Crippen molar-refractivity contribution in [2.45, 2.75) is 61.6 Å². The van der Waals surface area contributed by atoms with E-state index in [4.69, 9.17) is 14.2 Å². The molecule has 6 rings (SSSR count). The number of nitrogens with zero attached hydrogens (tertiary/aromatic N) is 2. The Morgan fingerprint density at radius 3 is 2.63 bits per heavy atom. The second kappa shape index (κ2) is 6.11. The van der Waals surface area contributed by atoms with Crippen molar-refractivity contribution in [1.82, 2.24) is 10.2 Å². The van der Waals surface area contributed by atoms with Gasteiger partial charge in [-0.15, -0.1) is 0 Å². The first kappa shape index (κ1) is 18.0. The summed E-state index contributed by atoms with van der Waals surface area (Å²) >= 11 is 0. The summed E-state index contributed by atoms with van der Waals surface area (Å²) in [7, 11) is 0. The van der Waals surface area contributed by atoms with E-state index in [9.17, 15) is 14.9 Å². The molecule has 0 aromatic heterocycles. The number of carbonyl (C=O) groups excluding carboxylic acids is 2. The van der Waals surface area contributed by atoms with Crippen molar-refractivity contribution in [2.75, 3.05) is 19.8 Å². The van der Waals surface area contributed by atoms with Gasteiger partial charge in [-0.2, -0.15) is 5.26 Å². The van der Waals surface area contributed by atoms with E-state index >= 15 is 0 Å². The van der Waals surface area contributed by atoms with Gasteiger partial charge in [0.2, 0.25) is 0 Å². The van der Waals surface area contributed by atoms with E-state index in [1.54, 1.807) is 6.07 Å². The van der Waals surface area contributed by atoms with Crippen molar-refractivity contribution >= 4 is 11.9 Å². The molecule has 8 heteroatoms. The Morgan fingerprint density at radius 1 is 1.17 bits per heavy atom. The number of nitriles is 1. The van der Waals surface area contributed by atoms with E-state index in [0.717, 1.165) is 24.2 Å². The second-order valence-corrected chi connectivity index (χ2v) is 9.16. The predicted molar refractivity (Wildman–Crippen MR) is 103 cm³/mol. The van der Waals surface area contributed by atoms with Gasteiger partial charge < -0.3 is 19.5 Å². The maximum atomic E-state index is 13.0. The van der Waals surface area contributed by atoms with Gasteiger partial charge in [0, 0.05) is 55.9 Å². The van der Waals surface area contributed by atoms with Gasteiger partial charge >= 0.3 is 6.03 Å². The number of fused-ring (bicyclic) bond motifs is 2. The molecule has 3 aliphatic heterocycles. The van der Waals surface area contributed by atoms with E-state index in [2.05, 4.69) is 11.4 Å². The zero-order valence-corrected chi connectivity index (χ0v) is 16.6. The van der Waals surface area contributed by atoms with E-state index in [1.165, 1.54) is 4.90 Å². The summed E-state index contributed by atoms with van der Waals surface area (Å²) in [4.78, 5) is 27.0. The molecule has 8 nitrogen and oxygen atoms in total. The highest BCUT2D eigenvalue weighted by atomic mass is 16.5. The topological polar surface area (TPSA) is 101 Å². The highest BCUT2D eigenvalue weighted by Crippen LogP contribution is 2.59. The maximum absolute atomic E-state index is 13.0. The fourth-order valence-corrected chi connectivity index (χ4v) is 5.29. The average molecular weight is 409 g/mol. The summed E-state index contributed by atoms with van der Waals surface area (Å²) in [6.45, 7) is 1.59. The van der Waals surface area contributed by atoms with Crippen molar-refractivity contribution in [1.29, 1.82) is 5.26 Å². The van der Waals surface area contributed by atoms with Gasteiger partial charge in [0.05, 0.1) is 12.2 Å². The lowest BCUT2D eigenvalue weighted by Crippen LogP contribution is -2.54. The third-order valence-electron chi connectivity index (χ3n) is 7.38. The van der Waals surface area contributed by atoms with Crippen molar-refractivity contribution in [3.63, 3.8) is 0 Å². The van der Waals surface area contributed by atoms with Gasteiger partial charge in [0.1, 0.15) is 29.2 Å². The zero-order valence-electron chi connectivity index (χ0n) is 16.6. The van der Waals surface area contributed by atoms with Crippen LogP contribution in [-0.4, -0.2) is 54.3 Å². The maximum Gasteiger partial charge on any atom is 0.325 e. The lowest BCUT2D eigenvalue weighted by molar-refractivity contribution is -0.138.